The molecule has 2 rings (SSSR count). The fraction of sp³-hybridized carbons (Fsp3) is 0.318. The highest BCUT2D eigenvalue weighted by Gasteiger charge is 2.32. The molecule has 0 heterocycles. The molecule has 0 saturated heterocycles. The highest BCUT2D eigenvalue weighted by atomic mass is 35.5. The monoisotopic (exact) mass is 417 g/mol. The third kappa shape index (κ3) is 7.23. The predicted octanol–water partition coefficient (Wildman–Crippen LogP) is 3.36. The molecule has 0 radical (unpaired) electrons. The lowest BCUT2D eigenvalue weighted by atomic mass is 10.0. The number of ether oxygens (including phenoxy) is 2. The Morgan fingerprint density at radius 3 is 2.24 bits per heavy atom. The van der Waals surface area contributed by atoms with E-state index < -0.39 is 30.1 Å². The number of carbonyl (C=O) groups excluding carboxylic acids is 3. The minimum absolute atomic E-state index is 0.181. The Balaban J connectivity index is 1.88. The first kappa shape index (κ1) is 22.4. The molecule has 0 spiro atoms. The summed E-state index contributed by atoms with van der Waals surface area (Å²) < 4.78 is 10.7. The lowest BCUT2D eigenvalue weighted by Crippen LogP contribution is -2.45. The molecule has 0 saturated carbocycles. The van der Waals surface area contributed by atoms with Crippen molar-refractivity contribution in [3.8, 4) is 5.75 Å². The number of rotatable bonds is 9. The molecular formula is C22H24ClNO5. The van der Waals surface area contributed by atoms with E-state index in [2.05, 4.69) is 5.32 Å². The number of halogens is 1. The number of amides is 1. The van der Waals surface area contributed by atoms with Crippen LogP contribution in [0.4, 0.5) is 0 Å². The Kier molecular flexibility index (Phi) is 7.79. The quantitative estimate of drug-likeness (QED) is 0.633. The van der Waals surface area contributed by atoms with Gasteiger partial charge in [0.1, 0.15) is 5.75 Å². The maximum atomic E-state index is 12.3. The Morgan fingerprint density at radius 2 is 1.66 bits per heavy atom. The van der Waals surface area contributed by atoms with E-state index in [9.17, 15) is 14.4 Å². The zero-order chi connectivity index (χ0) is 21.4. The van der Waals surface area contributed by atoms with Gasteiger partial charge in [-0.05, 0) is 57.0 Å². The van der Waals surface area contributed by atoms with Crippen LogP contribution in [0.25, 0.3) is 0 Å². The van der Waals surface area contributed by atoms with Gasteiger partial charge in [-0.15, -0.1) is 0 Å². The highest BCUT2D eigenvalue weighted by molar-refractivity contribution is 6.30. The standard InChI is InChI=1S/C22H24ClNO5/c1-15(25)19(13-16-7-5-4-6-8-16)24-20(26)14-28-21(27)22(2,3)29-18-11-9-17(23)10-12-18/h4-12,19H,13-14H2,1-3H3,(H,24,26)/t19-/m0/s1. The molecule has 6 nitrogen and oxygen atoms in total. The molecule has 1 amide bonds. The molecule has 1 N–H and O–H groups in total. The molecule has 29 heavy (non-hydrogen) atoms. The molecule has 2 aromatic carbocycles. The zero-order valence-electron chi connectivity index (χ0n) is 16.6. The van der Waals surface area contributed by atoms with Crippen LogP contribution in [0.5, 0.6) is 5.75 Å². The first-order chi connectivity index (χ1) is 13.7. The molecule has 0 fully saturated rings. The van der Waals surface area contributed by atoms with Gasteiger partial charge in [-0.2, -0.15) is 0 Å². The smallest absolute Gasteiger partial charge is 0.350 e. The van der Waals surface area contributed by atoms with E-state index in [1.54, 1.807) is 24.3 Å². The third-order valence-electron chi connectivity index (χ3n) is 4.12. The Bertz CT molecular complexity index is 849. The van der Waals surface area contributed by atoms with Crippen molar-refractivity contribution in [2.45, 2.75) is 38.8 Å². The number of ketones is 1. The van der Waals surface area contributed by atoms with Gasteiger partial charge >= 0.3 is 5.97 Å². The second-order valence-corrected chi connectivity index (χ2v) is 7.50. The number of hydrogen-bond donors (Lipinski definition) is 1. The van der Waals surface area contributed by atoms with E-state index in [-0.39, 0.29) is 5.78 Å². The predicted molar refractivity (Wildman–Crippen MR) is 110 cm³/mol. The third-order valence-corrected chi connectivity index (χ3v) is 4.37. The molecule has 0 aliphatic carbocycles. The van der Waals surface area contributed by atoms with Crippen molar-refractivity contribution < 1.29 is 23.9 Å². The van der Waals surface area contributed by atoms with Crippen LogP contribution >= 0.6 is 11.6 Å². The van der Waals surface area contributed by atoms with Crippen molar-refractivity contribution in [2.75, 3.05) is 6.61 Å². The van der Waals surface area contributed by atoms with Crippen LogP contribution in [0.3, 0.4) is 0 Å². The summed E-state index contributed by atoms with van der Waals surface area (Å²) in [6.45, 7) is 3.97. The molecule has 154 valence electrons. The van der Waals surface area contributed by atoms with Crippen LogP contribution in [0.2, 0.25) is 5.02 Å². The van der Waals surface area contributed by atoms with Gasteiger partial charge in [-0.1, -0.05) is 41.9 Å². The number of benzene rings is 2. The molecule has 0 aliphatic heterocycles. The zero-order valence-corrected chi connectivity index (χ0v) is 17.4. The number of Topliss-reactive ketones (excluding diaryl/α,β-unsaturated/α-hetero) is 1. The van der Waals surface area contributed by atoms with Crippen LogP contribution < -0.4 is 10.1 Å². The largest absolute Gasteiger partial charge is 0.476 e. The summed E-state index contributed by atoms with van der Waals surface area (Å²) in [5.74, 6) is -0.998. The van der Waals surface area contributed by atoms with Gasteiger partial charge in [0.2, 0.25) is 0 Å². The van der Waals surface area contributed by atoms with Crippen LogP contribution in [0, 0.1) is 0 Å². The van der Waals surface area contributed by atoms with E-state index in [4.69, 9.17) is 21.1 Å². The van der Waals surface area contributed by atoms with E-state index in [1.807, 2.05) is 30.3 Å². The molecule has 1 atom stereocenters. The van der Waals surface area contributed by atoms with Gasteiger partial charge in [0.15, 0.2) is 18.0 Å². The van der Waals surface area contributed by atoms with E-state index in [1.165, 1.54) is 20.8 Å². The second-order valence-electron chi connectivity index (χ2n) is 7.06. The van der Waals surface area contributed by atoms with Crippen LogP contribution in [-0.2, 0) is 25.5 Å². The Morgan fingerprint density at radius 1 is 1.03 bits per heavy atom. The summed E-state index contributed by atoms with van der Waals surface area (Å²) in [7, 11) is 0. The average molecular weight is 418 g/mol. The van der Waals surface area contributed by atoms with Gasteiger partial charge in [-0.3, -0.25) is 9.59 Å². The van der Waals surface area contributed by atoms with Gasteiger partial charge in [0.25, 0.3) is 5.91 Å². The van der Waals surface area contributed by atoms with Crippen LogP contribution in [0.1, 0.15) is 26.3 Å². The Hall–Kier alpha value is -2.86. The van der Waals surface area contributed by atoms with Crippen molar-refractivity contribution in [3.05, 3.63) is 65.2 Å². The maximum absolute atomic E-state index is 12.3. The van der Waals surface area contributed by atoms with Crippen molar-refractivity contribution in [3.63, 3.8) is 0 Å². The van der Waals surface area contributed by atoms with Crippen LogP contribution in [-0.4, -0.2) is 35.9 Å². The van der Waals surface area contributed by atoms with Gasteiger partial charge in [-0.25, -0.2) is 4.79 Å². The average Bonchev–Trinajstić information content (AvgIpc) is 2.68. The number of hydrogen-bond acceptors (Lipinski definition) is 5. The minimum atomic E-state index is -1.31. The van der Waals surface area contributed by atoms with Gasteiger partial charge in [0, 0.05) is 5.02 Å². The number of carbonyl (C=O) groups is 3. The fourth-order valence-corrected chi connectivity index (χ4v) is 2.65. The number of esters is 1. The molecule has 0 aliphatic rings. The lowest BCUT2D eigenvalue weighted by Gasteiger charge is -2.24. The highest BCUT2D eigenvalue weighted by Crippen LogP contribution is 2.21. The van der Waals surface area contributed by atoms with Gasteiger partial charge < -0.3 is 14.8 Å². The molecule has 2 aromatic rings. The van der Waals surface area contributed by atoms with Crippen molar-refractivity contribution in [2.24, 2.45) is 0 Å². The second kappa shape index (κ2) is 10.1. The normalized spacial score (nSPS) is 12.0. The molecule has 0 unspecified atom stereocenters. The van der Waals surface area contributed by atoms with Crippen molar-refractivity contribution >= 4 is 29.3 Å². The summed E-state index contributed by atoms with van der Waals surface area (Å²) in [6, 6.07) is 15.2. The molecule has 0 aromatic heterocycles. The van der Waals surface area contributed by atoms with Crippen molar-refractivity contribution in [1.82, 2.24) is 5.32 Å². The summed E-state index contributed by atoms with van der Waals surface area (Å²) in [5, 5.41) is 3.15. The topological polar surface area (TPSA) is 81.7 Å². The molecule has 0 bridgehead atoms. The minimum Gasteiger partial charge on any atom is -0.476 e. The summed E-state index contributed by atoms with van der Waals surface area (Å²) >= 11 is 5.83. The van der Waals surface area contributed by atoms with Crippen molar-refractivity contribution in [1.29, 1.82) is 0 Å². The number of nitrogens with one attached hydrogen (secondary N) is 1. The van der Waals surface area contributed by atoms with Gasteiger partial charge in [0.05, 0.1) is 6.04 Å². The first-order valence-corrected chi connectivity index (χ1v) is 9.51. The summed E-state index contributed by atoms with van der Waals surface area (Å²) in [6.07, 6.45) is 0.362. The summed E-state index contributed by atoms with van der Waals surface area (Å²) in [5.41, 5.74) is -0.388. The Labute approximate surface area is 175 Å². The van der Waals surface area contributed by atoms with E-state index in [0.29, 0.717) is 17.2 Å². The fourth-order valence-electron chi connectivity index (χ4n) is 2.53. The van der Waals surface area contributed by atoms with Crippen LogP contribution in [0.15, 0.2) is 54.6 Å². The lowest BCUT2D eigenvalue weighted by molar-refractivity contribution is -0.162. The maximum Gasteiger partial charge on any atom is 0.350 e. The SMILES string of the molecule is CC(=O)[C@H](Cc1ccccc1)NC(=O)COC(=O)C(C)(C)Oc1ccc(Cl)cc1. The van der Waals surface area contributed by atoms with E-state index in [0.717, 1.165) is 5.56 Å². The first-order valence-electron chi connectivity index (χ1n) is 9.13. The summed E-state index contributed by atoms with van der Waals surface area (Å²) in [4.78, 5) is 36.4. The molecule has 7 heteroatoms. The molecular weight excluding hydrogens is 394 g/mol. The van der Waals surface area contributed by atoms with E-state index >= 15 is 0 Å².